The second-order valence-corrected chi connectivity index (χ2v) is 6.04. The molecule has 22 heavy (non-hydrogen) atoms. The molecule has 0 atom stereocenters. The minimum Gasteiger partial charge on any atom is -0.445 e. The molecule has 0 radical (unpaired) electrons. The van der Waals surface area contributed by atoms with Gasteiger partial charge in [0.1, 0.15) is 6.61 Å². The van der Waals surface area contributed by atoms with Gasteiger partial charge in [-0.2, -0.15) is 0 Å². The number of carbonyl (C=O) groups is 1. The number of aliphatic hydroxyl groups is 1. The van der Waals surface area contributed by atoms with Gasteiger partial charge in [0, 0.05) is 12.6 Å². The molecule has 1 aromatic rings. The predicted molar refractivity (Wildman–Crippen MR) is 86.5 cm³/mol. The van der Waals surface area contributed by atoms with Crippen LogP contribution in [0.25, 0.3) is 0 Å². The van der Waals surface area contributed by atoms with Crippen LogP contribution in [0.4, 0.5) is 4.79 Å². The van der Waals surface area contributed by atoms with Crippen LogP contribution in [0.3, 0.4) is 0 Å². The van der Waals surface area contributed by atoms with E-state index in [0.29, 0.717) is 6.54 Å². The monoisotopic (exact) mass is 305 g/mol. The van der Waals surface area contributed by atoms with Crippen LogP contribution in [0.15, 0.2) is 30.3 Å². The number of hydrogen-bond donors (Lipinski definition) is 1. The van der Waals surface area contributed by atoms with Crippen LogP contribution >= 0.6 is 0 Å². The third-order valence-corrected chi connectivity index (χ3v) is 4.61. The van der Waals surface area contributed by atoms with Crippen molar-refractivity contribution >= 4 is 6.09 Å². The summed E-state index contributed by atoms with van der Waals surface area (Å²) in [6.45, 7) is 2.85. The van der Waals surface area contributed by atoms with E-state index >= 15 is 0 Å². The molecule has 0 heterocycles. The van der Waals surface area contributed by atoms with Gasteiger partial charge >= 0.3 is 6.09 Å². The van der Waals surface area contributed by atoms with Gasteiger partial charge in [-0.25, -0.2) is 4.79 Å². The zero-order chi connectivity index (χ0) is 15.8. The third-order valence-electron chi connectivity index (χ3n) is 4.61. The van der Waals surface area contributed by atoms with Crippen molar-refractivity contribution in [3.05, 3.63) is 35.9 Å². The number of aliphatic hydroxyl groups excluding tert-OH is 1. The molecule has 0 saturated heterocycles. The Bertz CT molecular complexity index is 441. The van der Waals surface area contributed by atoms with E-state index < -0.39 is 0 Å². The Hall–Kier alpha value is -1.55. The quantitative estimate of drug-likeness (QED) is 0.874. The van der Waals surface area contributed by atoms with E-state index in [0.717, 1.165) is 37.2 Å². The van der Waals surface area contributed by atoms with Crippen molar-refractivity contribution in [1.29, 1.82) is 0 Å². The van der Waals surface area contributed by atoms with Gasteiger partial charge in [-0.05, 0) is 37.2 Å². The smallest absolute Gasteiger partial charge is 0.410 e. The molecule has 4 heteroatoms. The molecule has 0 aliphatic heterocycles. The lowest BCUT2D eigenvalue weighted by atomic mass is 9.84. The molecule has 0 spiro atoms. The number of nitrogens with zero attached hydrogens (tertiary/aromatic N) is 1. The summed E-state index contributed by atoms with van der Waals surface area (Å²) in [6, 6.07) is 9.89. The lowest BCUT2D eigenvalue weighted by Gasteiger charge is -2.35. The van der Waals surface area contributed by atoms with Crippen LogP contribution in [-0.2, 0) is 11.3 Å². The van der Waals surface area contributed by atoms with E-state index in [1.807, 2.05) is 30.3 Å². The van der Waals surface area contributed by atoms with Gasteiger partial charge in [0.2, 0.25) is 0 Å². The van der Waals surface area contributed by atoms with Gasteiger partial charge in [-0.3, -0.25) is 0 Å². The van der Waals surface area contributed by atoms with Crippen molar-refractivity contribution in [3.8, 4) is 0 Å². The van der Waals surface area contributed by atoms with Gasteiger partial charge in [0.25, 0.3) is 0 Å². The number of amides is 1. The molecule has 1 aliphatic rings. The first-order valence-corrected chi connectivity index (χ1v) is 8.32. The van der Waals surface area contributed by atoms with Crippen LogP contribution in [0, 0.1) is 5.92 Å². The van der Waals surface area contributed by atoms with Gasteiger partial charge < -0.3 is 14.7 Å². The summed E-state index contributed by atoms with van der Waals surface area (Å²) >= 11 is 0. The molecule has 1 amide bonds. The average Bonchev–Trinajstić information content (AvgIpc) is 2.58. The van der Waals surface area contributed by atoms with E-state index in [1.165, 1.54) is 6.42 Å². The number of carbonyl (C=O) groups excluding carboxylic acids is 1. The fourth-order valence-electron chi connectivity index (χ4n) is 3.20. The van der Waals surface area contributed by atoms with E-state index in [-0.39, 0.29) is 25.3 Å². The maximum absolute atomic E-state index is 12.3. The minimum absolute atomic E-state index is 0.0197. The largest absolute Gasteiger partial charge is 0.445 e. The lowest BCUT2D eigenvalue weighted by Crippen LogP contribution is -2.44. The topological polar surface area (TPSA) is 49.8 Å². The van der Waals surface area contributed by atoms with Crippen molar-refractivity contribution in [3.63, 3.8) is 0 Å². The Kier molecular flexibility index (Phi) is 6.72. The van der Waals surface area contributed by atoms with Gasteiger partial charge in [0.15, 0.2) is 0 Å². The standard InChI is InChI=1S/C18H27NO3/c1-2-15-8-10-17(11-9-15)19(12-13-20)18(21)22-14-16-6-4-3-5-7-16/h3-7,15,17,20H,2,8-14H2,1H3. The summed E-state index contributed by atoms with van der Waals surface area (Å²) < 4.78 is 5.43. The molecule has 122 valence electrons. The van der Waals surface area contributed by atoms with Crippen LogP contribution in [0.2, 0.25) is 0 Å². The van der Waals surface area contributed by atoms with Gasteiger partial charge in [-0.1, -0.05) is 43.7 Å². The van der Waals surface area contributed by atoms with Crippen LogP contribution in [-0.4, -0.2) is 35.3 Å². The van der Waals surface area contributed by atoms with E-state index in [4.69, 9.17) is 4.74 Å². The highest BCUT2D eigenvalue weighted by Gasteiger charge is 2.28. The van der Waals surface area contributed by atoms with Crippen LogP contribution < -0.4 is 0 Å². The maximum Gasteiger partial charge on any atom is 0.410 e. The van der Waals surface area contributed by atoms with Crippen LogP contribution in [0.5, 0.6) is 0 Å². The highest BCUT2D eigenvalue weighted by atomic mass is 16.6. The van der Waals surface area contributed by atoms with Crippen molar-refractivity contribution in [2.24, 2.45) is 5.92 Å². The van der Waals surface area contributed by atoms with E-state index in [2.05, 4.69) is 6.92 Å². The number of ether oxygens (including phenoxy) is 1. The fraction of sp³-hybridized carbons (Fsp3) is 0.611. The summed E-state index contributed by atoms with van der Waals surface area (Å²) in [6.07, 6.45) is 5.26. The molecule has 4 nitrogen and oxygen atoms in total. The summed E-state index contributed by atoms with van der Waals surface area (Å²) in [5, 5.41) is 9.25. The van der Waals surface area contributed by atoms with Crippen molar-refractivity contribution in [2.75, 3.05) is 13.2 Å². The minimum atomic E-state index is -0.308. The first-order valence-electron chi connectivity index (χ1n) is 8.32. The molecule has 1 fully saturated rings. The summed E-state index contributed by atoms with van der Waals surface area (Å²) in [7, 11) is 0. The highest BCUT2D eigenvalue weighted by Crippen LogP contribution is 2.29. The highest BCUT2D eigenvalue weighted by molar-refractivity contribution is 5.68. The maximum atomic E-state index is 12.3. The number of hydrogen-bond acceptors (Lipinski definition) is 3. The third kappa shape index (κ3) is 4.73. The Balaban J connectivity index is 1.88. The van der Waals surface area contributed by atoms with Gasteiger partial charge in [-0.15, -0.1) is 0 Å². The number of benzene rings is 1. The predicted octanol–water partition coefficient (Wildman–Crippen LogP) is 3.59. The normalized spacial score (nSPS) is 21.4. The second kappa shape index (κ2) is 8.79. The van der Waals surface area contributed by atoms with Crippen LogP contribution in [0.1, 0.15) is 44.6 Å². The summed E-state index contributed by atoms with van der Waals surface area (Å²) in [4.78, 5) is 14.1. The zero-order valence-corrected chi connectivity index (χ0v) is 13.4. The average molecular weight is 305 g/mol. The van der Waals surface area contributed by atoms with Crippen molar-refractivity contribution in [1.82, 2.24) is 4.90 Å². The SMILES string of the molecule is CCC1CCC(N(CCO)C(=O)OCc2ccccc2)CC1. The molecule has 1 saturated carbocycles. The van der Waals surface area contributed by atoms with E-state index in [9.17, 15) is 9.90 Å². The molecule has 0 unspecified atom stereocenters. The Morgan fingerprint density at radius 1 is 1.23 bits per heavy atom. The molecule has 1 N–H and O–H groups in total. The summed E-state index contributed by atoms with van der Waals surface area (Å²) in [5.74, 6) is 0.785. The van der Waals surface area contributed by atoms with Crippen molar-refractivity contribution < 1.29 is 14.6 Å². The fourth-order valence-corrected chi connectivity index (χ4v) is 3.20. The molecular weight excluding hydrogens is 278 g/mol. The first-order chi connectivity index (χ1) is 10.7. The Morgan fingerprint density at radius 2 is 1.91 bits per heavy atom. The molecule has 1 aromatic carbocycles. The lowest BCUT2D eigenvalue weighted by molar-refractivity contribution is 0.0585. The van der Waals surface area contributed by atoms with Gasteiger partial charge in [0.05, 0.1) is 6.61 Å². The Labute approximate surface area is 133 Å². The summed E-state index contributed by atoms with van der Waals surface area (Å²) in [5.41, 5.74) is 0.981. The molecule has 0 bridgehead atoms. The van der Waals surface area contributed by atoms with E-state index in [1.54, 1.807) is 4.90 Å². The number of rotatable bonds is 6. The second-order valence-electron chi connectivity index (χ2n) is 6.04. The first kappa shape index (κ1) is 16.8. The van der Waals surface area contributed by atoms with Crippen molar-refractivity contribution in [2.45, 2.75) is 51.7 Å². The Morgan fingerprint density at radius 3 is 2.50 bits per heavy atom. The molecular formula is C18H27NO3. The molecule has 0 aromatic heterocycles. The zero-order valence-electron chi connectivity index (χ0n) is 13.4. The molecule has 1 aliphatic carbocycles. The molecule has 2 rings (SSSR count).